The topological polar surface area (TPSA) is 15.3 Å². The number of hydrogen-bond acceptors (Lipinski definition) is 2. The van der Waals surface area contributed by atoms with E-state index in [1.807, 2.05) is 0 Å². The van der Waals surface area contributed by atoms with Crippen molar-refractivity contribution >= 4 is 0 Å². The maximum Gasteiger partial charge on any atom is 0.0200 e. The molecule has 0 spiro atoms. The molecule has 0 amide bonds. The highest BCUT2D eigenvalue weighted by molar-refractivity contribution is 4.94. The summed E-state index contributed by atoms with van der Waals surface area (Å²) in [5.41, 5.74) is 0. The molecule has 3 aliphatic rings. The molecule has 0 aromatic heterocycles. The lowest BCUT2D eigenvalue weighted by atomic mass is 9.84. The van der Waals surface area contributed by atoms with Gasteiger partial charge in [-0.2, -0.15) is 0 Å². The van der Waals surface area contributed by atoms with Crippen LogP contribution >= 0.6 is 0 Å². The lowest BCUT2D eigenvalue weighted by Gasteiger charge is -2.35. The summed E-state index contributed by atoms with van der Waals surface area (Å²) in [5, 5.41) is 3.93. The molecule has 2 heteroatoms. The van der Waals surface area contributed by atoms with Gasteiger partial charge in [-0.15, -0.1) is 0 Å². The smallest absolute Gasteiger partial charge is 0.0200 e. The van der Waals surface area contributed by atoms with E-state index >= 15 is 0 Å². The molecule has 2 aliphatic carbocycles. The Labute approximate surface area is 119 Å². The van der Waals surface area contributed by atoms with Gasteiger partial charge in [0.15, 0.2) is 0 Å². The monoisotopic (exact) mass is 264 g/mol. The summed E-state index contributed by atoms with van der Waals surface area (Å²) >= 11 is 0. The fourth-order valence-electron chi connectivity index (χ4n) is 4.87. The van der Waals surface area contributed by atoms with Crippen molar-refractivity contribution in [3.8, 4) is 0 Å². The number of fused-ring (bicyclic) bond motifs is 1. The van der Waals surface area contributed by atoms with Crippen LogP contribution < -0.4 is 5.32 Å². The fourth-order valence-corrected chi connectivity index (χ4v) is 4.87. The second kappa shape index (κ2) is 6.13. The molecule has 3 rings (SSSR count). The summed E-state index contributed by atoms with van der Waals surface area (Å²) in [4.78, 5) is 2.67. The van der Waals surface area contributed by atoms with Gasteiger partial charge in [0.1, 0.15) is 0 Å². The average Bonchev–Trinajstić information content (AvgIpc) is 2.80. The molecule has 5 unspecified atom stereocenters. The van der Waals surface area contributed by atoms with E-state index < -0.39 is 0 Å². The summed E-state index contributed by atoms with van der Waals surface area (Å²) in [6.07, 6.45) is 13.1. The number of likely N-dealkylation sites (N-methyl/N-ethyl adjacent to an activating group) is 1. The quantitative estimate of drug-likeness (QED) is 0.840. The van der Waals surface area contributed by atoms with E-state index in [-0.39, 0.29) is 0 Å². The Morgan fingerprint density at radius 1 is 1.00 bits per heavy atom. The third-order valence-electron chi connectivity index (χ3n) is 5.99. The summed E-state index contributed by atoms with van der Waals surface area (Å²) in [6, 6.07) is 2.49. The molecule has 1 N–H and O–H groups in total. The SMILES string of the molecule is CC1CCCC(N(C)CC2CC3CCCCC3N2)C1. The van der Waals surface area contributed by atoms with Gasteiger partial charge in [-0.1, -0.05) is 32.6 Å². The van der Waals surface area contributed by atoms with Crippen LogP contribution in [0.15, 0.2) is 0 Å². The molecule has 2 saturated carbocycles. The molecule has 19 heavy (non-hydrogen) atoms. The third-order valence-corrected chi connectivity index (χ3v) is 5.99. The van der Waals surface area contributed by atoms with E-state index in [0.29, 0.717) is 0 Å². The van der Waals surface area contributed by atoms with Gasteiger partial charge in [0.25, 0.3) is 0 Å². The van der Waals surface area contributed by atoms with E-state index in [9.17, 15) is 0 Å². The Bertz CT molecular complexity index is 277. The molecular weight excluding hydrogens is 232 g/mol. The zero-order valence-electron chi connectivity index (χ0n) is 12.9. The van der Waals surface area contributed by atoms with Crippen molar-refractivity contribution in [1.29, 1.82) is 0 Å². The first kappa shape index (κ1) is 13.9. The Morgan fingerprint density at radius 2 is 1.84 bits per heavy atom. The van der Waals surface area contributed by atoms with E-state index in [1.165, 1.54) is 64.3 Å². The van der Waals surface area contributed by atoms with Crippen molar-refractivity contribution in [1.82, 2.24) is 10.2 Å². The van der Waals surface area contributed by atoms with E-state index in [2.05, 4.69) is 24.2 Å². The van der Waals surface area contributed by atoms with Crippen LogP contribution in [0.1, 0.15) is 64.7 Å². The molecule has 0 bridgehead atoms. The zero-order valence-corrected chi connectivity index (χ0v) is 12.9. The lowest BCUT2D eigenvalue weighted by molar-refractivity contribution is 0.152. The molecule has 1 saturated heterocycles. The summed E-state index contributed by atoms with van der Waals surface area (Å²) in [7, 11) is 2.37. The van der Waals surface area contributed by atoms with Crippen LogP contribution in [-0.2, 0) is 0 Å². The van der Waals surface area contributed by atoms with E-state index in [1.54, 1.807) is 0 Å². The van der Waals surface area contributed by atoms with Crippen molar-refractivity contribution < 1.29 is 0 Å². The highest BCUT2D eigenvalue weighted by atomic mass is 15.2. The molecule has 0 radical (unpaired) electrons. The van der Waals surface area contributed by atoms with Crippen LogP contribution in [0.4, 0.5) is 0 Å². The van der Waals surface area contributed by atoms with Gasteiger partial charge >= 0.3 is 0 Å². The molecule has 1 heterocycles. The van der Waals surface area contributed by atoms with Crippen molar-refractivity contribution in [3.63, 3.8) is 0 Å². The fraction of sp³-hybridized carbons (Fsp3) is 1.00. The number of rotatable bonds is 3. The van der Waals surface area contributed by atoms with Gasteiger partial charge in [0.05, 0.1) is 0 Å². The number of nitrogens with one attached hydrogen (secondary N) is 1. The van der Waals surface area contributed by atoms with Crippen LogP contribution in [0.3, 0.4) is 0 Å². The number of nitrogens with zero attached hydrogens (tertiary/aromatic N) is 1. The van der Waals surface area contributed by atoms with Crippen molar-refractivity contribution in [2.45, 2.75) is 82.8 Å². The second-order valence-corrected chi connectivity index (χ2v) is 7.62. The predicted molar refractivity (Wildman–Crippen MR) is 81.3 cm³/mol. The van der Waals surface area contributed by atoms with Gasteiger partial charge in [-0.25, -0.2) is 0 Å². The molecule has 0 aromatic carbocycles. The Kier molecular flexibility index (Phi) is 4.48. The molecule has 1 aliphatic heterocycles. The van der Waals surface area contributed by atoms with Crippen molar-refractivity contribution in [3.05, 3.63) is 0 Å². The summed E-state index contributed by atoms with van der Waals surface area (Å²) < 4.78 is 0. The average molecular weight is 264 g/mol. The molecule has 110 valence electrons. The highest BCUT2D eigenvalue weighted by Gasteiger charge is 2.36. The van der Waals surface area contributed by atoms with Gasteiger partial charge in [-0.05, 0) is 51.0 Å². The molecule has 2 nitrogen and oxygen atoms in total. The number of hydrogen-bond donors (Lipinski definition) is 1. The van der Waals surface area contributed by atoms with Crippen LogP contribution in [-0.4, -0.2) is 36.6 Å². The Morgan fingerprint density at radius 3 is 2.63 bits per heavy atom. The van der Waals surface area contributed by atoms with Crippen LogP contribution in [0.5, 0.6) is 0 Å². The third kappa shape index (κ3) is 3.33. The first-order chi connectivity index (χ1) is 9.22. The van der Waals surface area contributed by atoms with E-state index in [4.69, 9.17) is 0 Å². The lowest BCUT2D eigenvalue weighted by Crippen LogP contribution is -2.44. The van der Waals surface area contributed by atoms with Gasteiger partial charge in [0.2, 0.25) is 0 Å². The molecule has 0 aromatic rings. The van der Waals surface area contributed by atoms with E-state index in [0.717, 1.165) is 30.0 Å². The maximum absolute atomic E-state index is 3.93. The minimum absolute atomic E-state index is 0.773. The van der Waals surface area contributed by atoms with Crippen molar-refractivity contribution in [2.24, 2.45) is 11.8 Å². The first-order valence-corrected chi connectivity index (χ1v) is 8.68. The molecule has 5 atom stereocenters. The largest absolute Gasteiger partial charge is 0.310 e. The standard InChI is InChI=1S/C17H32N2/c1-13-6-5-8-16(10-13)19(2)12-15-11-14-7-3-4-9-17(14)18-15/h13-18H,3-12H2,1-2H3. The minimum Gasteiger partial charge on any atom is -0.310 e. The first-order valence-electron chi connectivity index (χ1n) is 8.68. The maximum atomic E-state index is 3.93. The minimum atomic E-state index is 0.773. The Balaban J connectivity index is 1.48. The van der Waals surface area contributed by atoms with Crippen LogP contribution in [0, 0.1) is 11.8 Å². The highest BCUT2D eigenvalue weighted by Crippen LogP contribution is 2.34. The van der Waals surface area contributed by atoms with Crippen LogP contribution in [0.2, 0.25) is 0 Å². The summed E-state index contributed by atoms with van der Waals surface area (Å²) in [5.74, 6) is 1.94. The van der Waals surface area contributed by atoms with Crippen LogP contribution in [0.25, 0.3) is 0 Å². The van der Waals surface area contributed by atoms with Gasteiger partial charge in [-0.3, -0.25) is 0 Å². The zero-order chi connectivity index (χ0) is 13.2. The van der Waals surface area contributed by atoms with Gasteiger partial charge in [0, 0.05) is 24.7 Å². The summed E-state index contributed by atoms with van der Waals surface area (Å²) in [6.45, 7) is 3.72. The molecular formula is C17H32N2. The predicted octanol–water partition coefficient (Wildman–Crippen LogP) is 3.42. The second-order valence-electron chi connectivity index (χ2n) is 7.62. The Hall–Kier alpha value is -0.0800. The molecule has 3 fully saturated rings. The van der Waals surface area contributed by atoms with Crippen molar-refractivity contribution in [2.75, 3.05) is 13.6 Å². The normalized spacial score (nSPS) is 43.4. The van der Waals surface area contributed by atoms with Gasteiger partial charge < -0.3 is 10.2 Å².